The summed E-state index contributed by atoms with van der Waals surface area (Å²) in [4.78, 5) is 64.3. The van der Waals surface area contributed by atoms with Crippen LogP contribution in [0.15, 0.2) is 73.1 Å². The van der Waals surface area contributed by atoms with E-state index in [0.717, 1.165) is 77.8 Å². The first kappa shape index (κ1) is 44.1. The van der Waals surface area contributed by atoms with E-state index in [1.54, 1.807) is 18.3 Å². The third-order valence-electron chi connectivity index (χ3n) is 12.7. The van der Waals surface area contributed by atoms with E-state index in [9.17, 15) is 37.1 Å². The van der Waals surface area contributed by atoms with Gasteiger partial charge in [-0.15, -0.1) is 0 Å². The zero-order valence-electron chi connectivity index (χ0n) is 35.2. The normalized spacial score (nSPS) is 20.5. The van der Waals surface area contributed by atoms with E-state index >= 15 is 8.78 Å². The van der Waals surface area contributed by atoms with Gasteiger partial charge in [-0.25, -0.2) is 18.2 Å². The number of hydrogen-bond acceptors (Lipinski definition) is 10. The second kappa shape index (κ2) is 18.0. The second-order valence-corrected chi connectivity index (χ2v) is 18.7. The number of piperidine rings is 1. The number of ketones is 1. The third kappa shape index (κ3) is 9.10. The third-order valence-corrected chi connectivity index (χ3v) is 14.2. The molecular weight excluding hydrogens is 866 g/mol. The van der Waals surface area contributed by atoms with Crippen LogP contribution in [-0.4, -0.2) is 125 Å². The van der Waals surface area contributed by atoms with Crippen molar-refractivity contribution < 1.29 is 45.9 Å². The van der Waals surface area contributed by atoms with Crippen molar-refractivity contribution in [2.24, 2.45) is 0 Å². The molecule has 15 nitrogen and oxygen atoms in total. The highest BCUT2D eigenvalue weighted by atomic mass is 32.2. The summed E-state index contributed by atoms with van der Waals surface area (Å²) >= 11 is 0. The van der Waals surface area contributed by atoms with Crippen molar-refractivity contribution in [2.75, 3.05) is 55.4 Å². The molecule has 3 saturated heterocycles. The van der Waals surface area contributed by atoms with Gasteiger partial charge >= 0.3 is 10.2 Å². The summed E-state index contributed by atoms with van der Waals surface area (Å²) < 4.78 is 73.1. The highest BCUT2D eigenvalue weighted by Crippen LogP contribution is 2.32. The lowest BCUT2D eigenvalue weighted by atomic mass is 9.99. The van der Waals surface area contributed by atoms with Gasteiger partial charge in [-0.05, 0) is 98.3 Å². The van der Waals surface area contributed by atoms with Gasteiger partial charge in [-0.3, -0.25) is 29.2 Å². The smallest absolute Gasteiger partial charge is 0.301 e. The molecule has 340 valence electrons. The lowest BCUT2D eigenvalue weighted by Gasteiger charge is -2.32. The molecule has 0 bridgehead atoms. The van der Waals surface area contributed by atoms with Crippen LogP contribution >= 0.6 is 0 Å². The number of amides is 3. The van der Waals surface area contributed by atoms with Crippen LogP contribution in [0, 0.1) is 11.6 Å². The Bertz CT molecular complexity index is 2800. The molecule has 4 aliphatic heterocycles. The fourth-order valence-corrected chi connectivity index (χ4v) is 10.6. The number of aliphatic hydroxyl groups is 1. The number of hydrogen-bond donors (Lipinski definition) is 4. The number of aromatic nitrogens is 2. The Kier molecular flexibility index (Phi) is 12.2. The van der Waals surface area contributed by atoms with Gasteiger partial charge in [0.2, 0.25) is 17.6 Å². The van der Waals surface area contributed by atoms with E-state index < -0.39 is 69.6 Å². The molecule has 3 aromatic carbocycles. The zero-order valence-corrected chi connectivity index (χ0v) is 36.1. The molecule has 0 aliphatic carbocycles. The van der Waals surface area contributed by atoms with Gasteiger partial charge in [-0.2, -0.15) is 12.7 Å². The Morgan fingerprint density at radius 2 is 1.71 bits per heavy atom. The number of nitrogens with one attached hydrogen (secondary N) is 3. The van der Waals surface area contributed by atoms with Crippen LogP contribution in [-0.2, 0) is 32.8 Å². The van der Waals surface area contributed by atoms with Crippen molar-refractivity contribution in [3.63, 3.8) is 0 Å². The summed E-state index contributed by atoms with van der Waals surface area (Å²) in [5, 5.41) is 13.8. The molecule has 2 aromatic heterocycles. The molecule has 0 spiro atoms. The summed E-state index contributed by atoms with van der Waals surface area (Å²) in [7, 11) is -4.37. The molecule has 6 heterocycles. The fraction of sp³-hybridized carbons (Fsp3) is 0.370. The number of anilines is 2. The average Bonchev–Trinajstić information content (AvgIpc) is 3.99. The van der Waals surface area contributed by atoms with Gasteiger partial charge in [0.25, 0.3) is 5.91 Å². The van der Waals surface area contributed by atoms with Gasteiger partial charge in [-0.1, -0.05) is 24.3 Å². The first-order valence-corrected chi connectivity index (χ1v) is 23.1. The van der Waals surface area contributed by atoms with Gasteiger partial charge in [0.1, 0.15) is 23.7 Å². The summed E-state index contributed by atoms with van der Waals surface area (Å²) in [6, 6.07) is 16.1. The summed E-state index contributed by atoms with van der Waals surface area (Å²) in [5.74, 6) is -4.60. The van der Waals surface area contributed by atoms with Crippen molar-refractivity contribution in [3.05, 3.63) is 113 Å². The summed E-state index contributed by atoms with van der Waals surface area (Å²) in [6.45, 7) is 3.46. The molecule has 3 amide bonds. The lowest BCUT2D eigenvalue weighted by molar-refractivity contribution is -0.136. The second-order valence-electron chi connectivity index (χ2n) is 17.1. The van der Waals surface area contributed by atoms with Crippen molar-refractivity contribution in [1.29, 1.82) is 0 Å². The van der Waals surface area contributed by atoms with E-state index in [4.69, 9.17) is 0 Å². The standard InChI is InChI=1S/C46H47F3N8O7S/c47-31-13-18-56(25-31)65(63,64)53-38-10-9-37(48)41(42(38)49)43(60)36-23-51-44-35(36)21-29(22-50-44)28-4-6-32(7-5-28)55-16-1-14-54(15-2-17-55)26-33(58)20-27-3-8-34-30(19-27)24-57(46(34)62)39-11-12-40(59)52-45(39)61/h3-10,19,21-23,31,33,39,53,58H,1-2,11-18,20,24-26H2,(H,50,51)(H,52,59,61)/t31-,33-,39-/m1/s1. The van der Waals surface area contributed by atoms with Gasteiger partial charge < -0.3 is 24.8 Å². The maximum atomic E-state index is 15.8. The molecule has 0 saturated carbocycles. The van der Waals surface area contributed by atoms with Crippen molar-refractivity contribution in [2.45, 2.75) is 63.4 Å². The number of carbonyl (C=O) groups is 4. The maximum absolute atomic E-state index is 15.8. The Balaban J connectivity index is 0.801. The molecule has 19 heteroatoms. The van der Waals surface area contributed by atoms with Crippen LogP contribution in [0.3, 0.4) is 0 Å². The van der Waals surface area contributed by atoms with E-state index in [0.29, 0.717) is 41.5 Å². The first-order chi connectivity index (χ1) is 31.2. The van der Waals surface area contributed by atoms with Crippen molar-refractivity contribution in [3.8, 4) is 11.1 Å². The number of aliphatic hydroxyl groups excluding tert-OH is 1. The van der Waals surface area contributed by atoms with Crippen LogP contribution in [0.25, 0.3) is 22.2 Å². The van der Waals surface area contributed by atoms with Crippen LogP contribution in [0.2, 0.25) is 0 Å². The molecule has 4 N–H and O–H groups in total. The molecule has 5 aromatic rings. The van der Waals surface area contributed by atoms with Gasteiger partial charge in [0, 0.05) is 85.8 Å². The predicted molar refractivity (Wildman–Crippen MR) is 235 cm³/mol. The van der Waals surface area contributed by atoms with Crippen molar-refractivity contribution >= 4 is 56.1 Å². The van der Waals surface area contributed by atoms with Crippen LogP contribution in [0.5, 0.6) is 0 Å². The zero-order chi connectivity index (χ0) is 45.6. The van der Waals surface area contributed by atoms with Crippen LogP contribution in [0.1, 0.15) is 69.5 Å². The number of carbonyl (C=O) groups excluding carboxylic acids is 4. The fourth-order valence-electron chi connectivity index (χ4n) is 9.32. The topological polar surface area (TPSA) is 188 Å². The first-order valence-electron chi connectivity index (χ1n) is 21.7. The lowest BCUT2D eigenvalue weighted by Crippen LogP contribution is -2.52. The van der Waals surface area contributed by atoms with E-state index in [-0.39, 0.29) is 43.3 Å². The number of halogens is 3. The number of aromatic amines is 1. The van der Waals surface area contributed by atoms with E-state index in [2.05, 4.69) is 25.1 Å². The SMILES string of the molecule is O=C1CC[C@@H](N2Cc3cc(C[C@@H](O)CN4CCCN(c5ccc(-c6cnc7[nH]cc(C(=O)c8c(F)ccc(NS(=O)(=O)N9CC[C@@H](F)C9)c8F)c7c6)cc5)CCC4)ccc3C2=O)C(=O)N1. The molecule has 0 radical (unpaired) electrons. The number of imide groups is 1. The van der Waals surface area contributed by atoms with Gasteiger partial charge in [0.15, 0.2) is 5.82 Å². The monoisotopic (exact) mass is 912 g/mol. The number of alkyl halides is 1. The highest BCUT2D eigenvalue weighted by molar-refractivity contribution is 7.90. The Labute approximate surface area is 372 Å². The number of nitrogens with zero attached hydrogens (tertiary/aromatic N) is 5. The predicted octanol–water partition coefficient (Wildman–Crippen LogP) is 4.71. The van der Waals surface area contributed by atoms with Gasteiger partial charge in [0.05, 0.1) is 17.4 Å². The van der Waals surface area contributed by atoms with Crippen LogP contribution in [0.4, 0.5) is 24.5 Å². The minimum atomic E-state index is -4.37. The van der Waals surface area contributed by atoms with E-state index in [1.807, 2.05) is 41.1 Å². The Morgan fingerprint density at radius 1 is 0.938 bits per heavy atom. The number of fused-ring (bicyclic) bond motifs is 2. The number of H-pyrrole nitrogens is 1. The molecule has 4 aliphatic rings. The molecule has 0 unspecified atom stereocenters. The summed E-state index contributed by atoms with van der Waals surface area (Å²) in [5.41, 5.74) is 3.38. The quantitative estimate of drug-likeness (QED) is 0.101. The highest BCUT2D eigenvalue weighted by Gasteiger charge is 2.39. The van der Waals surface area contributed by atoms with E-state index in [1.165, 1.54) is 11.1 Å². The summed E-state index contributed by atoms with van der Waals surface area (Å²) in [6.07, 6.45) is 3.58. The Morgan fingerprint density at radius 3 is 2.43 bits per heavy atom. The average molecular weight is 913 g/mol. The molecular formula is C46H47F3N8O7S. The number of rotatable bonds is 12. The maximum Gasteiger partial charge on any atom is 0.301 e. The van der Waals surface area contributed by atoms with Crippen LogP contribution < -0.4 is 14.9 Å². The minimum Gasteiger partial charge on any atom is -0.391 e. The van der Waals surface area contributed by atoms with Crippen molar-refractivity contribution in [1.82, 2.24) is 29.4 Å². The Hall–Kier alpha value is -6.15. The molecule has 3 atom stereocenters. The molecule has 9 rings (SSSR count). The molecule has 3 fully saturated rings. The number of benzene rings is 3. The molecule has 65 heavy (non-hydrogen) atoms. The number of pyridine rings is 1. The number of β-amino-alcohol motifs (C(OH)–C–C–N with tert-alkyl or cyclic N) is 1. The minimum absolute atomic E-state index is 0.00413. The largest absolute Gasteiger partial charge is 0.391 e.